The van der Waals surface area contributed by atoms with Crippen LogP contribution in [0.2, 0.25) is 0 Å². The number of aliphatic hydroxyl groups is 1. The molecule has 0 aliphatic carbocycles. The van der Waals surface area contributed by atoms with E-state index < -0.39 is 6.10 Å². The van der Waals surface area contributed by atoms with Gasteiger partial charge in [-0.2, -0.15) is 0 Å². The van der Waals surface area contributed by atoms with Crippen LogP contribution in [0.3, 0.4) is 0 Å². The van der Waals surface area contributed by atoms with Crippen molar-refractivity contribution in [3.63, 3.8) is 0 Å². The Balaban J connectivity index is 3.19. The SMILES string of the molecule is Cc1cc(C(O)CCN)c(O)c(Br)c1C. The van der Waals surface area contributed by atoms with Crippen LogP contribution in [0.5, 0.6) is 5.75 Å². The van der Waals surface area contributed by atoms with Crippen molar-refractivity contribution in [1.29, 1.82) is 0 Å². The maximum absolute atomic E-state index is 9.85. The Kier molecular flexibility index (Phi) is 4.13. The maximum atomic E-state index is 9.85. The Morgan fingerprint density at radius 2 is 2.07 bits per heavy atom. The fraction of sp³-hybridized carbons (Fsp3) is 0.455. The Morgan fingerprint density at radius 1 is 1.47 bits per heavy atom. The van der Waals surface area contributed by atoms with Gasteiger partial charge in [-0.25, -0.2) is 0 Å². The van der Waals surface area contributed by atoms with Crippen LogP contribution in [0.25, 0.3) is 0 Å². The van der Waals surface area contributed by atoms with E-state index >= 15 is 0 Å². The minimum Gasteiger partial charge on any atom is -0.506 e. The Hall–Kier alpha value is -0.580. The molecule has 4 heteroatoms. The highest BCUT2D eigenvalue weighted by molar-refractivity contribution is 9.10. The zero-order valence-corrected chi connectivity index (χ0v) is 10.5. The van der Waals surface area contributed by atoms with Gasteiger partial charge in [0.25, 0.3) is 0 Å². The number of benzene rings is 1. The molecule has 0 heterocycles. The molecule has 0 saturated heterocycles. The van der Waals surface area contributed by atoms with Crippen molar-refractivity contribution in [3.8, 4) is 5.75 Å². The zero-order chi connectivity index (χ0) is 11.6. The number of hydrogen-bond donors (Lipinski definition) is 3. The quantitative estimate of drug-likeness (QED) is 0.791. The molecule has 0 aliphatic rings. The van der Waals surface area contributed by atoms with Crippen LogP contribution in [0.15, 0.2) is 10.5 Å². The summed E-state index contributed by atoms with van der Waals surface area (Å²) in [6.07, 6.45) is -0.256. The molecule has 0 aliphatic heterocycles. The van der Waals surface area contributed by atoms with E-state index in [0.29, 0.717) is 23.0 Å². The first-order chi connectivity index (χ1) is 6.99. The second kappa shape index (κ2) is 4.96. The summed E-state index contributed by atoms with van der Waals surface area (Å²) in [4.78, 5) is 0. The van der Waals surface area contributed by atoms with E-state index in [1.165, 1.54) is 0 Å². The molecule has 0 radical (unpaired) electrons. The summed E-state index contributed by atoms with van der Waals surface area (Å²) in [5.74, 6) is 0.110. The van der Waals surface area contributed by atoms with Crippen LogP contribution < -0.4 is 5.73 Å². The van der Waals surface area contributed by atoms with Crippen LogP contribution >= 0.6 is 15.9 Å². The Labute approximate surface area is 98.1 Å². The summed E-state index contributed by atoms with van der Waals surface area (Å²) in [5.41, 5.74) is 7.92. The number of aryl methyl sites for hydroxylation is 1. The van der Waals surface area contributed by atoms with E-state index in [1.807, 2.05) is 13.8 Å². The van der Waals surface area contributed by atoms with E-state index in [4.69, 9.17) is 5.73 Å². The van der Waals surface area contributed by atoms with Crippen LogP contribution in [0, 0.1) is 13.8 Å². The third-order valence-electron chi connectivity index (χ3n) is 2.57. The summed E-state index contributed by atoms with van der Waals surface area (Å²) in [6, 6.07) is 1.80. The van der Waals surface area contributed by atoms with Crippen molar-refractivity contribution >= 4 is 15.9 Å². The van der Waals surface area contributed by atoms with E-state index in [1.54, 1.807) is 6.07 Å². The predicted molar refractivity (Wildman–Crippen MR) is 63.9 cm³/mol. The van der Waals surface area contributed by atoms with Crippen molar-refractivity contribution in [2.24, 2.45) is 5.73 Å². The largest absolute Gasteiger partial charge is 0.506 e. The topological polar surface area (TPSA) is 66.5 Å². The van der Waals surface area contributed by atoms with Gasteiger partial charge in [0, 0.05) is 5.56 Å². The number of phenolic OH excluding ortho intramolecular Hbond substituents is 1. The van der Waals surface area contributed by atoms with Crippen molar-refractivity contribution in [1.82, 2.24) is 0 Å². The second-order valence-corrected chi connectivity index (χ2v) is 4.46. The van der Waals surface area contributed by atoms with Crippen molar-refractivity contribution < 1.29 is 10.2 Å². The maximum Gasteiger partial charge on any atom is 0.135 e. The average Bonchev–Trinajstić information content (AvgIpc) is 2.20. The predicted octanol–water partition coefficient (Wildman–Crippen LogP) is 2.15. The van der Waals surface area contributed by atoms with E-state index in [2.05, 4.69) is 15.9 Å². The normalized spacial score (nSPS) is 12.9. The van der Waals surface area contributed by atoms with Crippen LogP contribution in [0.4, 0.5) is 0 Å². The lowest BCUT2D eigenvalue weighted by Crippen LogP contribution is -2.07. The lowest BCUT2D eigenvalue weighted by atomic mass is 9.99. The molecule has 1 atom stereocenters. The highest BCUT2D eigenvalue weighted by Crippen LogP contribution is 2.37. The first kappa shape index (κ1) is 12.5. The van der Waals surface area contributed by atoms with Crippen molar-refractivity contribution in [2.45, 2.75) is 26.4 Å². The lowest BCUT2D eigenvalue weighted by Gasteiger charge is -2.15. The van der Waals surface area contributed by atoms with Gasteiger partial charge in [-0.15, -0.1) is 0 Å². The average molecular weight is 274 g/mol. The summed E-state index contributed by atoms with van der Waals surface area (Å²) in [7, 11) is 0. The molecule has 84 valence electrons. The summed E-state index contributed by atoms with van der Waals surface area (Å²) < 4.78 is 0.647. The minimum atomic E-state index is -0.703. The van der Waals surface area contributed by atoms with Crippen LogP contribution in [-0.2, 0) is 0 Å². The highest BCUT2D eigenvalue weighted by Gasteiger charge is 2.16. The fourth-order valence-electron chi connectivity index (χ4n) is 1.45. The van der Waals surface area contributed by atoms with Crippen molar-refractivity contribution in [3.05, 3.63) is 27.2 Å². The first-order valence-corrected chi connectivity index (χ1v) is 5.65. The number of nitrogens with two attached hydrogens (primary N) is 1. The molecule has 0 saturated carbocycles. The summed E-state index contributed by atoms with van der Waals surface area (Å²) in [5, 5.41) is 19.6. The standard InChI is InChI=1S/C11H16BrNO2/c1-6-5-8(9(14)3-4-13)11(15)10(12)7(6)2/h5,9,14-15H,3-4,13H2,1-2H3. The molecule has 3 nitrogen and oxygen atoms in total. The molecule has 1 aromatic rings. The molecule has 0 bridgehead atoms. The second-order valence-electron chi connectivity index (χ2n) is 3.66. The molecular weight excluding hydrogens is 258 g/mol. The number of phenols is 1. The van der Waals surface area contributed by atoms with Gasteiger partial charge in [-0.1, -0.05) is 0 Å². The number of aliphatic hydroxyl groups excluding tert-OH is 1. The summed E-state index contributed by atoms with van der Waals surface area (Å²) in [6.45, 7) is 4.25. The van der Waals surface area contributed by atoms with Crippen LogP contribution in [0.1, 0.15) is 29.2 Å². The molecule has 0 spiro atoms. The lowest BCUT2D eigenvalue weighted by molar-refractivity contribution is 0.166. The Morgan fingerprint density at radius 3 is 2.60 bits per heavy atom. The smallest absolute Gasteiger partial charge is 0.135 e. The zero-order valence-electron chi connectivity index (χ0n) is 8.92. The molecular formula is C11H16BrNO2. The van der Waals surface area contributed by atoms with Gasteiger partial charge in [-0.3, -0.25) is 0 Å². The third-order valence-corrected chi connectivity index (χ3v) is 3.54. The van der Waals surface area contributed by atoms with Crippen LogP contribution in [-0.4, -0.2) is 16.8 Å². The summed E-state index contributed by atoms with van der Waals surface area (Å²) >= 11 is 3.31. The van der Waals surface area contributed by atoms with Gasteiger partial charge in [0.15, 0.2) is 0 Å². The number of halogens is 1. The van der Waals surface area contributed by atoms with Gasteiger partial charge in [0.1, 0.15) is 5.75 Å². The Bertz CT molecular complexity index is 366. The van der Waals surface area contributed by atoms with Gasteiger partial charge >= 0.3 is 0 Å². The molecule has 0 amide bonds. The van der Waals surface area contributed by atoms with Gasteiger partial charge in [0.05, 0.1) is 10.6 Å². The van der Waals surface area contributed by atoms with E-state index in [-0.39, 0.29) is 5.75 Å². The number of hydrogen-bond acceptors (Lipinski definition) is 3. The van der Waals surface area contributed by atoms with E-state index in [0.717, 1.165) is 11.1 Å². The molecule has 0 fully saturated rings. The number of aromatic hydroxyl groups is 1. The third kappa shape index (κ3) is 2.51. The van der Waals surface area contributed by atoms with Gasteiger partial charge in [0.2, 0.25) is 0 Å². The molecule has 15 heavy (non-hydrogen) atoms. The molecule has 1 aromatic carbocycles. The monoisotopic (exact) mass is 273 g/mol. The number of rotatable bonds is 3. The highest BCUT2D eigenvalue weighted by atomic mass is 79.9. The van der Waals surface area contributed by atoms with Gasteiger partial charge < -0.3 is 15.9 Å². The molecule has 0 aromatic heterocycles. The van der Waals surface area contributed by atoms with E-state index in [9.17, 15) is 10.2 Å². The molecule has 4 N–H and O–H groups in total. The van der Waals surface area contributed by atoms with Crippen molar-refractivity contribution in [2.75, 3.05) is 6.54 Å². The fourth-order valence-corrected chi connectivity index (χ4v) is 2.00. The molecule has 1 rings (SSSR count). The first-order valence-electron chi connectivity index (χ1n) is 4.85. The molecule has 1 unspecified atom stereocenters. The minimum absolute atomic E-state index is 0.110. The van der Waals surface area contributed by atoms with Gasteiger partial charge in [-0.05, 0) is 59.9 Å².